The lowest BCUT2D eigenvalue weighted by atomic mass is 10.0. The Labute approximate surface area is 242 Å². The van der Waals surface area contributed by atoms with Gasteiger partial charge in [0.25, 0.3) is 0 Å². The van der Waals surface area contributed by atoms with Crippen molar-refractivity contribution in [1.82, 2.24) is 0 Å². The van der Waals surface area contributed by atoms with Gasteiger partial charge in [-0.25, -0.2) is 9.59 Å². The van der Waals surface area contributed by atoms with Crippen molar-refractivity contribution in [1.29, 1.82) is 0 Å². The van der Waals surface area contributed by atoms with Gasteiger partial charge in [-0.2, -0.15) is 0 Å². The molecule has 0 fully saturated rings. The fourth-order valence-corrected chi connectivity index (χ4v) is 4.36. The number of ether oxygens (including phenoxy) is 3. The molecule has 0 heterocycles. The Balaban J connectivity index is 2.59. The van der Waals surface area contributed by atoms with Gasteiger partial charge in [0.15, 0.2) is 0 Å². The zero-order valence-corrected chi connectivity index (χ0v) is 25.6. The molecule has 0 spiro atoms. The second-order valence-electron chi connectivity index (χ2n) is 10.0. The highest BCUT2D eigenvalue weighted by Crippen LogP contribution is 2.26. The fraction of sp³-hybridized carbons (Fsp3) is 0.688. The zero-order chi connectivity index (χ0) is 28.7. The maximum absolute atomic E-state index is 12.9. The summed E-state index contributed by atoms with van der Waals surface area (Å²) in [5.41, 5.74) is 1.56. The number of carbonyl (C=O) groups is 2. The third kappa shape index (κ3) is 16.6. The van der Waals surface area contributed by atoms with Gasteiger partial charge < -0.3 is 19.5 Å². The third-order valence-electron chi connectivity index (χ3n) is 6.59. The van der Waals surface area contributed by atoms with Crippen LogP contribution in [-0.4, -0.2) is 37.9 Å². The molecule has 1 rings (SSSR count). The number of carbonyl (C=O) groups excluding carboxylic acids is 2. The lowest BCUT2D eigenvalue weighted by Crippen LogP contribution is -2.23. The molecule has 0 aliphatic heterocycles. The minimum Gasteiger partial charge on any atom is -0.463 e. The summed E-state index contributed by atoms with van der Waals surface area (Å²) in [6.07, 6.45) is 17.7. The van der Waals surface area contributed by atoms with E-state index in [0.29, 0.717) is 41.6 Å². The van der Waals surface area contributed by atoms with Gasteiger partial charge in [-0.05, 0) is 44.4 Å². The second-order valence-corrected chi connectivity index (χ2v) is 10.4. The number of hydrogen-bond acceptors (Lipinski definition) is 6. The minimum absolute atomic E-state index is 0.0985. The molecule has 1 N–H and O–H groups in total. The molecule has 0 radical (unpaired) electrons. The van der Waals surface area contributed by atoms with Gasteiger partial charge in [0, 0.05) is 18.4 Å². The first-order valence-electron chi connectivity index (χ1n) is 15.2. The number of halogens is 1. The van der Waals surface area contributed by atoms with Gasteiger partial charge in [-0.1, -0.05) is 103 Å². The number of hydrogen-bond donors (Lipinski definition) is 1. The van der Waals surface area contributed by atoms with Crippen LogP contribution in [0.3, 0.4) is 0 Å². The van der Waals surface area contributed by atoms with E-state index in [-0.39, 0.29) is 12.7 Å². The SMILES string of the molecule is CCCCCCCCCCCCC(COC(=O)c1ccc(Cl)c(NC(=CC(=O)OCC)CC)c1)OCCCC. The van der Waals surface area contributed by atoms with Crippen LogP contribution in [0.4, 0.5) is 5.69 Å². The van der Waals surface area contributed by atoms with Crippen LogP contribution in [0.15, 0.2) is 30.0 Å². The van der Waals surface area contributed by atoms with Crippen molar-refractivity contribution in [2.75, 3.05) is 25.1 Å². The molecule has 1 aromatic rings. The van der Waals surface area contributed by atoms with Crippen LogP contribution in [0.2, 0.25) is 5.02 Å². The largest absolute Gasteiger partial charge is 0.463 e. The first-order valence-corrected chi connectivity index (χ1v) is 15.5. The van der Waals surface area contributed by atoms with Gasteiger partial charge in [0.05, 0.1) is 29.0 Å². The maximum atomic E-state index is 12.9. The van der Waals surface area contributed by atoms with Crippen LogP contribution in [0.5, 0.6) is 0 Å². The molecule has 1 atom stereocenters. The second kappa shape index (κ2) is 22.7. The molecule has 7 heteroatoms. The van der Waals surface area contributed by atoms with Crippen molar-refractivity contribution in [3.05, 3.63) is 40.6 Å². The molecule has 0 aliphatic carbocycles. The van der Waals surface area contributed by atoms with Gasteiger partial charge in [0.1, 0.15) is 6.61 Å². The summed E-state index contributed by atoms with van der Waals surface area (Å²) in [7, 11) is 0. The van der Waals surface area contributed by atoms with E-state index in [0.717, 1.165) is 25.7 Å². The Bertz CT molecular complexity index is 842. The molecule has 6 nitrogen and oxygen atoms in total. The van der Waals surface area contributed by atoms with E-state index in [2.05, 4.69) is 19.2 Å². The van der Waals surface area contributed by atoms with Crippen molar-refractivity contribution in [3.8, 4) is 0 Å². The monoisotopic (exact) mass is 565 g/mol. The average molecular weight is 566 g/mol. The summed E-state index contributed by atoms with van der Waals surface area (Å²) in [6, 6.07) is 4.94. The molecule has 0 saturated heterocycles. The average Bonchev–Trinajstić information content (AvgIpc) is 2.93. The maximum Gasteiger partial charge on any atom is 0.338 e. The number of allylic oxidation sites excluding steroid dienone is 1. The van der Waals surface area contributed by atoms with Crippen molar-refractivity contribution >= 4 is 29.2 Å². The number of benzene rings is 1. The standard InChI is InChI=1S/C32H52ClNO5/c1-5-9-11-12-13-14-15-16-17-18-19-28(38-22-10-6-2)25-39-32(36)26-20-21-29(33)30(23-26)34-27(7-3)24-31(35)37-8-4/h20-21,23-24,28,34H,5-19,22,25H2,1-4H3. The van der Waals surface area contributed by atoms with Crippen LogP contribution in [0.1, 0.15) is 128 Å². The highest BCUT2D eigenvalue weighted by atomic mass is 35.5. The predicted molar refractivity (Wildman–Crippen MR) is 161 cm³/mol. The third-order valence-corrected chi connectivity index (χ3v) is 6.92. The molecule has 222 valence electrons. The van der Waals surface area contributed by atoms with E-state index < -0.39 is 11.9 Å². The normalized spacial score (nSPS) is 12.3. The quantitative estimate of drug-likeness (QED) is 0.0809. The van der Waals surface area contributed by atoms with Crippen LogP contribution in [-0.2, 0) is 19.0 Å². The summed E-state index contributed by atoms with van der Waals surface area (Å²) < 4.78 is 16.7. The Hall–Kier alpha value is -2.05. The smallest absolute Gasteiger partial charge is 0.338 e. The minimum atomic E-state index is -0.426. The molecule has 0 aliphatic rings. The lowest BCUT2D eigenvalue weighted by molar-refractivity contribution is -0.137. The van der Waals surface area contributed by atoms with Gasteiger partial charge in [-0.3, -0.25) is 0 Å². The van der Waals surface area contributed by atoms with E-state index in [1.165, 1.54) is 63.9 Å². The van der Waals surface area contributed by atoms with E-state index in [4.69, 9.17) is 25.8 Å². The van der Waals surface area contributed by atoms with Crippen molar-refractivity contribution in [3.63, 3.8) is 0 Å². The number of anilines is 1. The molecule has 0 bridgehead atoms. The number of esters is 2. The molecule has 39 heavy (non-hydrogen) atoms. The number of nitrogens with one attached hydrogen (secondary N) is 1. The summed E-state index contributed by atoms with van der Waals surface area (Å²) in [5, 5.41) is 3.58. The molecule has 0 amide bonds. The number of unbranched alkanes of at least 4 members (excludes halogenated alkanes) is 10. The van der Waals surface area contributed by atoms with E-state index in [9.17, 15) is 9.59 Å². The zero-order valence-electron chi connectivity index (χ0n) is 24.8. The number of rotatable bonds is 23. The summed E-state index contributed by atoms with van der Waals surface area (Å²) >= 11 is 6.35. The van der Waals surface area contributed by atoms with E-state index in [1.54, 1.807) is 25.1 Å². The first kappa shape index (κ1) is 35.0. The van der Waals surface area contributed by atoms with Gasteiger partial charge in [-0.15, -0.1) is 0 Å². The topological polar surface area (TPSA) is 73.9 Å². The highest BCUT2D eigenvalue weighted by Gasteiger charge is 2.16. The molecule has 1 unspecified atom stereocenters. The van der Waals surface area contributed by atoms with E-state index in [1.807, 2.05) is 6.92 Å². The molecule has 0 saturated carbocycles. The van der Waals surface area contributed by atoms with Gasteiger partial charge >= 0.3 is 11.9 Å². The van der Waals surface area contributed by atoms with Crippen LogP contribution >= 0.6 is 11.6 Å². The van der Waals surface area contributed by atoms with Crippen molar-refractivity contribution in [2.24, 2.45) is 0 Å². The molecule has 1 aromatic carbocycles. The Morgan fingerprint density at radius 1 is 0.872 bits per heavy atom. The van der Waals surface area contributed by atoms with Gasteiger partial charge in [0.2, 0.25) is 0 Å². The van der Waals surface area contributed by atoms with Crippen molar-refractivity contribution in [2.45, 2.75) is 124 Å². The fourth-order valence-electron chi connectivity index (χ4n) is 4.19. The molecular formula is C32H52ClNO5. The van der Waals surface area contributed by atoms with Crippen molar-refractivity contribution < 1.29 is 23.8 Å². The summed E-state index contributed by atoms with van der Waals surface area (Å²) in [6.45, 7) is 9.27. The molecular weight excluding hydrogens is 514 g/mol. The Morgan fingerprint density at radius 3 is 2.13 bits per heavy atom. The van der Waals surface area contributed by atoms with Crippen LogP contribution in [0, 0.1) is 0 Å². The van der Waals surface area contributed by atoms with Crippen LogP contribution < -0.4 is 5.32 Å². The van der Waals surface area contributed by atoms with Crippen LogP contribution in [0.25, 0.3) is 0 Å². The lowest BCUT2D eigenvalue weighted by Gasteiger charge is -2.18. The Morgan fingerprint density at radius 2 is 1.51 bits per heavy atom. The Kier molecular flexibility index (Phi) is 20.4. The predicted octanol–water partition coefficient (Wildman–Crippen LogP) is 9.26. The molecule has 0 aromatic heterocycles. The summed E-state index contributed by atoms with van der Waals surface area (Å²) in [4.78, 5) is 24.7. The first-order chi connectivity index (χ1) is 18.9. The summed E-state index contributed by atoms with van der Waals surface area (Å²) in [5.74, 6) is -0.848. The van der Waals surface area contributed by atoms with E-state index >= 15 is 0 Å². The highest BCUT2D eigenvalue weighted by molar-refractivity contribution is 6.33.